The molecule has 0 radical (unpaired) electrons. The van der Waals surface area contributed by atoms with Crippen molar-refractivity contribution in [3.8, 4) is 5.75 Å². The number of urea groups is 1. The highest BCUT2D eigenvalue weighted by Gasteiger charge is 2.29. The van der Waals surface area contributed by atoms with Crippen molar-refractivity contribution >= 4 is 11.7 Å². The van der Waals surface area contributed by atoms with Crippen molar-refractivity contribution in [1.29, 1.82) is 0 Å². The van der Waals surface area contributed by atoms with E-state index in [4.69, 9.17) is 4.74 Å². The lowest BCUT2D eigenvalue weighted by molar-refractivity contribution is 0.207. The maximum atomic E-state index is 12.6. The van der Waals surface area contributed by atoms with E-state index in [-0.39, 0.29) is 12.1 Å². The lowest BCUT2D eigenvalue weighted by atomic mass is 10.0. The minimum absolute atomic E-state index is 0.0433. The fourth-order valence-corrected chi connectivity index (χ4v) is 3.01. The highest BCUT2D eigenvalue weighted by atomic mass is 16.5. The molecular formula is C19H22N2O2. The van der Waals surface area contributed by atoms with E-state index < -0.39 is 0 Å². The van der Waals surface area contributed by atoms with Gasteiger partial charge in [0.15, 0.2) is 0 Å². The molecular weight excluding hydrogens is 288 g/mol. The topological polar surface area (TPSA) is 41.6 Å². The molecule has 3 rings (SSSR count). The number of anilines is 1. The molecule has 0 bridgehead atoms. The van der Waals surface area contributed by atoms with Gasteiger partial charge in [0.2, 0.25) is 0 Å². The van der Waals surface area contributed by atoms with Crippen LogP contribution in [0.25, 0.3) is 0 Å². The van der Waals surface area contributed by atoms with Gasteiger partial charge in [-0.25, -0.2) is 4.79 Å². The first kappa shape index (κ1) is 15.4. The largest absolute Gasteiger partial charge is 0.497 e. The third-order valence-electron chi connectivity index (χ3n) is 4.32. The SMILES string of the molecule is COc1ccc(NC(=O)N2CCC[C@H]2c2ccc(C)cc2)cc1. The molecule has 2 aromatic carbocycles. The summed E-state index contributed by atoms with van der Waals surface area (Å²) < 4.78 is 5.14. The number of carbonyl (C=O) groups excluding carboxylic acids is 1. The van der Waals surface area contributed by atoms with E-state index in [1.54, 1.807) is 7.11 Å². The van der Waals surface area contributed by atoms with E-state index in [9.17, 15) is 4.79 Å². The Bertz CT molecular complexity index is 665. The number of likely N-dealkylation sites (tertiary alicyclic amines) is 1. The van der Waals surface area contributed by atoms with Crippen molar-refractivity contribution in [2.75, 3.05) is 19.0 Å². The molecule has 1 heterocycles. The number of rotatable bonds is 3. The summed E-state index contributed by atoms with van der Waals surface area (Å²) in [6.07, 6.45) is 2.05. The summed E-state index contributed by atoms with van der Waals surface area (Å²) in [6, 6.07) is 16.0. The molecule has 2 amide bonds. The quantitative estimate of drug-likeness (QED) is 0.914. The number of methoxy groups -OCH3 is 1. The summed E-state index contributed by atoms with van der Waals surface area (Å²) in [5, 5.41) is 2.98. The molecule has 120 valence electrons. The Labute approximate surface area is 137 Å². The molecule has 2 aromatic rings. The Kier molecular flexibility index (Phi) is 4.51. The van der Waals surface area contributed by atoms with Crippen molar-refractivity contribution in [3.63, 3.8) is 0 Å². The maximum Gasteiger partial charge on any atom is 0.322 e. The lowest BCUT2D eigenvalue weighted by Crippen LogP contribution is -2.34. The van der Waals surface area contributed by atoms with E-state index in [2.05, 4.69) is 36.5 Å². The van der Waals surface area contributed by atoms with Crippen LogP contribution in [0, 0.1) is 6.92 Å². The van der Waals surface area contributed by atoms with Crippen molar-refractivity contribution in [2.45, 2.75) is 25.8 Å². The van der Waals surface area contributed by atoms with Crippen LogP contribution in [0.2, 0.25) is 0 Å². The molecule has 1 fully saturated rings. The van der Waals surface area contributed by atoms with Gasteiger partial charge in [0, 0.05) is 12.2 Å². The summed E-state index contributed by atoms with van der Waals surface area (Å²) in [6.45, 7) is 2.87. The summed E-state index contributed by atoms with van der Waals surface area (Å²) in [5.74, 6) is 0.779. The minimum atomic E-state index is -0.0433. The van der Waals surface area contributed by atoms with Crippen LogP contribution < -0.4 is 10.1 Å². The molecule has 4 nitrogen and oxygen atoms in total. The smallest absolute Gasteiger partial charge is 0.322 e. The van der Waals surface area contributed by atoms with Gasteiger partial charge in [-0.3, -0.25) is 0 Å². The van der Waals surface area contributed by atoms with Crippen molar-refractivity contribution < 1.29 is 9.53 Å². The molecule has 1 aliphatic rings. The van der Waals surface area contributed by atoms with Crippen LogP contribution >= 0.6 is 0 Å². The predicted molar refractivity (Wildman–Crippen MR) is 91.9 cm³/mol. The van der Waals surface area contributed by atoms with Crippen LogP contribution in [0.4, 0.5) is 10.5 Å². The van der Waals surface area contributed by atoms with Gasteiger partial charge in [0.05, 0.1) is 13.2 Å². The van der Waals surface area contributed by atoms with E-state index in [1.807, 2.05) is 29.2 Å². The third kappa shape index (κ3) is 3.47. The zero-order chi connectivity index (χ0) is 16.2. The Morgan fingerprint density at radius 1 is 1.13 bits per heavy atom. The monoisotopic (exact) mass is 310 g/mol. The van der Waals surface area contributed by atoms with Crippen LogP contribution in [0.3, 0.4) is 0 Å². The number of nitrogens with zero attached hydrogens (tertiary/aromatic N) is 1. The molecule has 1 N–H and O–H groups in total. The van der Waals surface area contributed by atoms with Crippen LogP contribution in [-0.4, -0.2) is 24.6 Å². The predicted octanol–water partition coefficient (Wildman–Crippen LogP) is 4.37. The standard InChI is InChI=1S/C19H22N2O2/c1-14-5-7-15(8-6-14)18-4-3-13-21(18)19(22)20-16-9-11-17(23-2)12-10-16/h5-12,18H,3-4,13H2,1-2H3,(H,20,22)/t18-/m0/s1. The molecule has 0 saturated carbocycles. The summed E-state index contributed by atoms with van der Waals surface area (Å²) in [7, 11) is 1.63. The fourth-order valence-electron chi connectivity index (χ4n) is 3.01. The third-order valence-corrected chi connectivity index (χ3v) is 4.32. The maximum absolute atomic E-state index is 12.6. The van der Waals surface area contributed by atoms with Crippen molar-refractivity contribution in [3.05, 3.63) is 59.7 Å². The van der Waals surface area contributed by atoms with Gasteiger partial charge in [0.1, 0.15) is 5.75 Å². The number of hydrogen-bond acceptors (Lipinski definition) is 2. The summed E-state index contributed by atoms with van der Waals surface area (Å²) >= 11 is 0. The van der Waals surface area contributed by atoms with Gasteiger partial charge < -0.3 is 15.0 Å². The van der Waals surface area contributed by atoms with E-state index in [0.29, 0.717) is 0 Å². The second-order valence-corrected chi connectivity index (χ2v) is 5.92. The zero-order valence-corrected chi connectivity index (χ0v) is 13.6. The molecule has 1 saturated heterocycles. The molecule has 1 aliphatic heterocycles. The fraction of sp³-hybridized carbons (Fsp3) is 0.316. The van der Waals surface area contributed by atoms with Crippen LogP contribution in [-0.2, 0) is 0 Å². The van der Waals surface area contributed by atoms with Gasteiger partial charge >= 0.3 is 6.03 Å². The molecule has 0 aromatic heterocycles. The van der Waals surface area contributed by atoms with Gasteiger partial charge in [-0.15, -0.1) is 0 Å². The first-order chi connectivity index (χ1) is 11.2. The normalized spacial score (nSPS) is 17.1. The van der Waals surface area contributed by atoms with Crippen molar-refractivity contribution in [2.24, 2.45) is 0 Å². The number of ether oxygens (including phenoxy) is 1. The number of hydrogen-bond donors (Lipinski definition) is 1. The zero-order valence-electron chi connectivity index (χ0n) is 13.6. The number of carbonyl (C=O) groups is 1. The van der Waals surface area contributed by atoms with Crippen LogP contribution in [0.1, 0.15) is 30.0 Å². The molecule has 0 aliphatic carbocycles. The van der Waals surface area contributed by atoms with Gasteiger partial charge in [-0.2, -0.15) is 0 Å². The van der Waals surface area contributed by atoms with E-state index in [0.717, 1.165) is 30.8 Å². The first-order valence-electron chi connectivity index (χ1n) is 7.95. The number of nitrogens with one attached hydrogen (secondary N) is 1. The molecule has 23 heavy (non-hydrogen) atoms. The van der Waals surface area contributed by atoms with Crippen LogP contribution in [0.5, 0.6) is 5.75 Å². The van der Waals surface area contributed by atoms with E-state index >= 15 is 0 Å². The molecule has 0 spiro atoms. The number of amides is 2. The van der Waals surface area contributed by atoms with Crippen molar-refractivity contribution in [1.82, 2.24) is 4.90 Å². The van der Waals surface area contributed by atoms with Crippen LogP contribution in [0.15, 0.2) is 48.5 Å². The Morgan fingerprint density at radius 3 is 2.48 bits per heavy atom. The molecule has 4 heteroatoms. The number of benzene rings is 2. The van der Waals surface area contributed by atoms with E-state index in [1.165, 1.54) is 11.1 Å². The molecule has 1 atom stereocenters. The van der Waals surface area contributed by atoms with Gasteiger partial charge in [-0.1, -0.05) is 29.8 Å². The van der Waals surface area contributed by atoms with Gasteiger partial charge in [0.25, 0.3) is 0 Å². The Balaban J connectivity index is 1.71. The molecule has 0 unspecified atom stereocenters. The lowest BCUT2D eigenvalue weighted by Gasteiger charge is -2.25. The Hall–Kier alpha value is -2.49. The Morgan fingerprint density at radius 2 is 1.83 bits per heavy atom. The highest BCUT2D eigenvalue weighted by Crippen LogP contribution is 2.32. The second-order valence-electron chi connectivity index (χ2n) is 5.92. The van der Waals surface area contributed by atoms with Gasteiger partial charge in [-0.05, 0) is 49.6 Å². The summed E-state index contributed by atoms with van der Waals surface area (Å²) in [4.78, 5) is 14.5. The highest BCUT2D eigenvalue weighted by molar-refractivity contribution is 5.89. The number of aryl methyl sites for hydroxylation is 1. The second kappa shape index (κ2) is 6.73. The minimum Gasteiger partial charge on any atom is -0.497 e. The first-order valence-corrected chi connectivity index (χ1v) is 7.95. The average molecular weight is 310 g/mol. The average Bonchev–Trinajstić information content (AvgIpc) is 3.06. The summed E-state index contributed by atoms with van der Waals surface area (Å²) in [5.41, 5.74) is 3.23.